The van der Waals surface area contributed by atoms with E-state index in [0.29, 0.717) is 23.0 Å². The SMILES string of the molecule is COc1cnc2ccc(Oc3ccc(NC(=O)c4ccc(Cl)c(C(F)(F)F)c4)cc3F)cc2n1. The van der Waals surface area contributed by atoms with Gasteiger partial charge in [0.2, 0.25) is 5.88 Å². The fourth-order valence-electron chi connectivity index (χ4n) is 3.01. The summed E-state index contributed by atoms with van der Waals surface area (Å²) in [7, 11) is 1.45. The largest absolute Gasteiger partial charge is 0.480 e. The van der Waals surface area contributed by atoms with Crippen LogP contribution in [0.4, 0.5) is 23.2 Å². The third-order valence-electron chi connectivity index (χ3n) is 4.65. The number of amides is 1. The first-order chi connectivity index (χ1) is 16.1. The number of rotatable bonds is 5. The Hall–Kier alpha value is -3.92. The smallest absolute Gasteiger partial charge is 0.417 e. The third-order valence-corrected chi connectivity index (χ3v) is 4.98. The van der Waals surface area contributed by atoms with Gasteiger partial charge in [0.15, 0.2) is 11.6 Å². The first-order valence-corrected chi connectivity index (χ1v) is 9.98. The van der Waals surface area contributed by atoms with E-state index in [-0.39, 0.29) is 22.7 Å². The fraction of sp³-hybridized carbons (Fsp3) is 0.0870. The van der Waals surface area contributed by atoms with Crippen molar-refractivity contribution in [2.45, 2.75) is 6.18 Å². The molecule has 0 unspecified atom stereocenters. The number of alkyl halides is 3. The molecule has 6 nitrogen and oxygen atoms in total. The standard InChI is InChI=1S/C23H14ClF4N3O3/c1-33-21-11-29-18-6-4-14(10-19(18)31-21)34-20-7-3-13(9-17(20)25)30-22(32)12-2-5-16(24)15(8-12)23(26,27)28/h2-11H,1H3,(H,30,32). The number of anilines is 1. The van der Waals surface area contributed by atoms with Gasteiger partial charge < -0.3 is 14.8 Å². The van der Waals surface area contributed by atoms with Crippen molar-refractivity contribution in [2.24, 2.45) is 0 Å². The molecular weight excluding hydrogens is 478 g/mol. The lowest BCUT2D eigenvalue weighted by Gasteiger charge is -2.12. The molecule has 34 heavy (non-hydrogen) atoms. The summed E-state index contributed by atoms with van der Waals surface area (Å²) in [6.07, 6.45) is -3.26. The maximum Gasteiger partial charge on any atom is 0.417 e. The third kappa shape index (κ3) is 5.01. The molecule has 1 heterocycles. The van der Waals surface area contributed by atoms with Crippen molar-refractivity contribution in [3.63, 3.8) is 0 Å². The molecule has 0 aliphatic heterocycles. The van der Waals surface area contributed by atoms with Gasteiger partial charge in [0.1, 0.15) is 5.75 Å². The van der Waals surface area contributed by atoms with Crippen LogP contribution >= 0.6 is 11.6 Å². The van der Waals surface area contributed by atoms with E-state index < -0.39 is 28.5 Å². The summed E-state index contributed by atoms with van der Waals surface area (Å²) in [5.74, 6) is -1.22. The molecule has 4 rings (SSSR count). The average Bonchev–Trinajstić information content (AvgIpc) is 2.79. The predicted octanol–water partition coefficient (Wildman–Crippen LogP) is 6.49. The molecule has 3 aromatic carbocycles. The van der Waals surface area contributed by atoms with E-state index in [4.69, 9.17) is 21.1 Å². The summed E-state index contributed by atoms with van der Waals surface area (Å²) in [6, 6.07) is 11.1. The predicted molar refractivity (Wildman–Crippen MR) is 117 cm³/mol. The number of benzene rings is 3. The molecule has 1 aromatic heterocycles. The van der Waals surface area contributed by atoms with Crippen LogP contribution in [0, 0.1) is 5.82 Å². The van der Waals surface area contributed by atoms with E-state index in [9.17, 15) is 22.4 Å². The Bertz CT molecular complexity index is 1400. The van der Waals surface area contributed by atoms with Crippen molar-refractivity contribution >= 4 is 34.2 Å². The number of hydrogen-bond acceptors (Lipinski definition) is 5. The molecule has 11 heteroatoms. The lowest BCUT2D eigenvalue weighted by Crippen LogP contribution is -2.14. The van der Waals surface area contributed by atoms with Gasteiger partial charge in [0, 0.05) is 23.4 Å². The van der Waals surface area contributed by atoms with E-state index in [0.717, 1.165) is 18.2 Å². The fourth-order valence-corrected chi connectivity index (χ4v) is 3.24. The van der Waals surface area contributed by atoms with Crippen LogP contribution in [0.25, 0.3) is 11.0 Å². The highest BCUT2D eigenvalue weighted by Gasteiger charge is 2.33. The second kappa shape index (κ2) is 9.14. The van der Waals surface area contributed by atoms with Crippen LogP contribution in [0.2, 0.25) is 5.02 Å². The van der Waals surface area contributed by atoms with Crippen LogP contribution in [-0.2, 0) is 6.18 Å². The quantitative estimate of drug-likeness (QED) is 0.323. The molecule has 0 radical (unpaired) electrons. The van der Waals surface area contributed by atoms with Gasteiger partial charge in [0.05, 0.1) is 34.9 Å². The van der Waals surface area contributed by atoms with Crippen molar-refractivity contribution in [3.05, 3.63) is 82.8 Å². The number of nitrogens with zero attached hydrogens (tertiary/aromatic N) is 2. The Morgan fingerprint density at radius 3 is 2.53 bits per heavy atom. The monoisotopic (exact) mass is 491 g/mol. The summed E-state index contributed by atoms with van der Waals surface area (Å²) in [4.78, 5) is 20.8. The molecule has 4 aromatic rings. The average molecular weight is 492 g/mol. The Morgan fingerprint density at radius 2 is 1.82 bits per heavy atom. The van der Waals surface area contributed by atoms with E-state index in [2.05, 4.69) is 15.3 Å². The zero-order chi connectivity index (χ0) is 24.5. The summed E-state index contributed by atoms with van der Waals surface area (Å²) in [6.45, 7) is 0. The highest BCUT2D eigenvalue weighted by Crippen LogP contribution is 2.35. The van der Waals surface area contributed by atoms with Crippen molar-refractivity contribution < 1.29 is 31.8 Å². The molecule has 1 N–H and O–H groups in total. The summed E-state index contributed by atoms with van der Waals surface area (Å²) in [5.41, 5.74) is -0.350. The van der Waals surface area contributed by atoms with Crippen molar-refractivity contribution in [1.82, 2.24) is 9.97 Å². The topological polar surface area (TPSA) is 73.3 Å². The Balaban J connectivity index is 1.51. The van der Waals surface area contributed by atoms with Gasteiger partial charge in [-0.1, -0.05) is 11.6 Å². The van der Waals surface area contributed by atoms with E-state index >= 15 is 0 Å². The van der Waals surface area contributed by atoms with Gasteiger partial charge in [-0.25, -0.2) is 14.4 Å². The first-order valence-electron chi connectivity index (χ1n) is 9.60. The summed E-state index contributed by atoms with van der Waals surface area (Å²) in [5, 5.41) is 1.82. The van der Waals surface area contributed by atoms with Gasteiger partial charge in [-0.05, 0) is 42.5 Å². The highest BCUT2D eigenvalue weighted by atomic mass is 35.5. The lowest BCUT2D eigenvalue weighted by atomic mass is 10.1. The molecule has 0 saturated heterocycles. The molecule has 0 aliphatic rings. The van der Waals surface area contributed by atoms with Crippen molar-refractivity contribution in [1.29, 1.82) is 0 Å². The molecule has 0 fully saturated rings. The number of hydrogen-bond donors (Lipinski definition) is 1. The molecule has 1 amide bonds. The van der Waals surface area contributed by atoms with E-state index in [1.165, 1.54) is 25.4 Å². The number of carbonyl (C=O) groups excluding carboxylic acids is 1. The lowest BCUT2D eigenvalue weighted by molar-refractivity contribution is -0.137. The molecule has 0 atom stereocenters. The van der Waals surface area contributed by atoms with Gasteiger partial charge >= 0.3 is 6.18 Å². The molecule has 0 bridgehead atoms. The van der Waals surface area contributed by atoms with Crippen LogP contribution in [0.3, 0.4) is 0 Å². The Kier molecular flexibility index (Phi) is 6.25. The highest BCUT2D eigenvalue weighted by molar-refractivity contribution is 6.31. The Morgan fingerprint density at radius 1 is 1.03 bits per heavy atom. The number of ether oxygens (including phenoxy) is 2. The molecular formula is C23H14ClF4N3O3. The number of nitrogens with one attached hydrogen (secondary N) is 1. The number of methoxy groups -OCH3 is 1. The minimum atomic E-state index is -4.72. The molecule has 0 saturated carbocycles. The van der Waals surface area contributed by atoms with Crippen LogP contribution < -0.4 is 14.8 Å². The number of aromatic nitrogens is 2. The Labute approximate surface area is 195 Å². The number of carbonyl (C=O) groups is 1. The second-order valence-corrected chi connectivity index (χ2v) is 7.36. The van der Waals surface area contributed by atoms with Gasteiger partial charge in [0.25, 0.3) is 5.91 Å². The molecule has 0 aliphatic carbocycles. The summed E-state index contributed by atoms with van der Waals surface area (Å²) < 4.78 is 64.3. The van der Waals surface area contributed by atoms with Gasteiger partial charge in [-0.15, -0.1) is 0 Å². The van der Waals surface area contributed by atoms with Gasteiger partial charge in [-0.2, -0.15) is 13.2 Å². The molecule has 174 valence electrons. The van der Waals surface area contributed by atoms with Crippen LogP contribution in [0.5, 0.6) is 17.4 Å². The minimum absolute atomic E-state index is 0.0208. The van der Waals surface area contributed by atoms with Gasteiger partial charge in [-0.3, -0.25) is 4.79 Å². The van der Waals surface area contributed by atoms with Crippen LogP contribution in [0.15, 0.2) is 60.8 Å². The normalized spacial score (nSPS) is 11.4. The maximum absolute atomic E-state index is 14.6. The zero-order valence-electron chi connectivity index (χ0n) is 17.3. The van der Waals surface area contributed by atoms with Crippen molar-refractivity contribution in [3.8, 4) is 17.4 Å². The van der Waals surface area contributed by atoms with E-state index in [1.54, 1.807) is 18.2 Å². The second-order valence-electron chi connectivity index (χ2n) is 6.96. The number of fused-ring (bicyclic) bond motifs is 1. The summed E-state index contributed by atoms with van der Waals surface area (Å²) >= 11 is 5.57. The number of halogens is 5. The first kappa shape index (κ1) is 23.2. The molecule has 0 spiro atoms. The van der Waals surface area contributed by atoms with Crippen molar-refractivity contribution in [2.75, 3.05) is 12.4 Å². The minimum Gasteiger partial charge on any atom is -0.480 e. The zero-order valence-corrected chi connectivity index (χ0v) is 18.0. The van der Waals surface area contributed by atoms with Crippen LogP contribution in [-0.4, -0.2) is 23.0 Å². The van der Waals surface area contributed by atoms with E-state index in [1.807, 2.05) is 0 Å². The maximum atomic E-state index is 14.6. The van der Waals surface area contributed by atoms with Crippen LogP contribution in [0.1, 0.15) is 15.9 Å².